The Hall–Kier alpha value is -2.96. The van der Waals surface area contributed by atoms with E-state index in [0.717, 1.165) is 48.4 Å². The number of rotatable bonds is 5. The zero-order valence-electron chi connectivity index (χ0n) is 17.3. The molecular weight excluding hydrogens is 406 g/mol. The number of hydrogen-bond donors (Lipinski definition) is 2. The van der Waals surface area contributed by atoms with Crippen LogP contribution < -0.4 is 11.1 Å². The number of amides is 2. The maximum Gasteiger partial charge on any atom is 0.265 e. The van der Waals surface area contributed by atoms with Crippen LogP contribution in [-0.4, -0.2) is 29.3 Å². The van der Waals surface area contributed by atoms with Crippen molar-refractivity contribution in [3.8, 4) is 10.4 Å². The lowest BCUT2D eigenvalue weighted by molar-refractivity contribution is -0.122. The van der Waals surface area contributed by atoms with Gasteiger partial charge in [0.15, 0.2) is 0 Å². The Bertz CT molecular complexity index is 1150. The van der Waals surface area contributed by atoms with Gasteiger partial charge in [0.2, 0.25) is 5.91 Å². The van der Waals surface area contributed by atoms with Gasteiger partial charge in [0.25, 0.3) is 5.91 Å². The fourth-order valence-electron chi connectivity index (χ4n) is 4.70. The fraction of sp³-hybridized carbons (Fsp3) is 0.280. The second kappa shape index (κ2) is 8.29. The first-order valence-electron chi connectivity index (χ1n) is 10.7. The van der Waals surface area contributed by atoms with Crippen molar-refractivity contribution < 1.29 is 9.59 Å². The quantitative estimate of drug-likeness (QED) is 0.635. The Morgan fingerprint density at radius 1 is 1.06 bits per heavy atom. The van der Waals surface area contributed by atoms with Gasteiger partial charge in [-0.15, -0.1) is 11.3 Å². The minimum atomic E-state index is -0.259. The van der Waals surface area contributed by atoms with Crippen LogP contribution in [0.15, 0.2) is 54.6 Å². The summed E-state index contributed by atoms with van der Waals surface area (Å²) >= 11 is 1.57. The Morgan fingerprint density at radius 2 is 1.90 bits per heavy atom. The first kappa shape index (κ1) is 20.0. The number of nitrogens with one attached hydrogen (secondary N) is 1. The molecule has 1 saturated heterocycles. The van der Waals surface area contributed by atoms with Gasteiger partial charge < -0.3 is 11.1 Å². The molecule has 31 heavy (non-hydrogen) atoms. The van der Waals surface area contributed by atoms with E-state index < -0.39 is 0 Å². The number of carbonyl (C=O) groups excluding carboxylic acids is 2. The molecule has 2 aliphatic rings. The molecule has 0 spiro atoms. The van der Waals surface area contributed by atoms with Crippen molar-refractivity contribution in [3.05, 3.63) is 76.2 Å². The van der Waals surface area contributed by atoms with Gasteiger partial charge in [-0.25, -0.2) is 0 Å². The van der Waals surface area contributed by atoms with Gasteiger partial charge in [-0.05, 0) is 72.7 Å². The molecule has 6 heteroatoms. The summed E-state index contributed by atoms with van der Waals surface area (Å²) in [6.07, 6.45) is 3.79. The molecule has 1 unspecified atom stereocenters. The van der Waals surface area contributed by atoms with Crippen molar-refractivity contribution in [2.24, 2.45) is 5.73 Å². The lowest BCUT2D eigenvalue weighted by Gasteiger charge is -2.22. The van der Waals surface area contributed by atoms with E-state index in [2.05, 4.69) is 34.5 Å². The predicted molar refractivity (Wildman–Crippen MR) is 124 cm³/mol. The number of thiophene rings is 1. The van der Waals surface area contributed by atoms with Gasteiger partial charge in [-0.1, -0.05) is 36.4 Å². The summed E-state index contributed by atoms with van der Waals surface area (Å²) in [4.78, 5) is 28.7. The zero-order chi connectivity index (χ0) is 21.4. The van der Waals surface area contributed by atoms with Crippen LogP contribution in [-0.2, 0) is 24.2 Å². The third-order valence-corrected chi connectivity index (χ3v) is 7.43. The molecule has 2 aromatic carbocycles. The molecule has 2 amide bonds. The third kappa shape index (κ3) is 4.01. The number of nitrogens with two attached hydrogens (primary N) is 1. The van der Waals surface area contributed by atoms with Crippen LogP contribution in [0.4, 0.5) is 5.69 Å². The maximum absolute atomic E-state index is 13.0. The van der Waals surface area contributed by atoms with Crippen LogP contribution in [0, 0.1) is 0 Å². The van der Waals surface area contributed by atoms with Crippen molar-refractivity contribution in [1.82, 2.24) is 4.90 Å². The topological polar surface area (TPSA) is 75.4 Å². The number of primary amides is 1. The minimum absolute atomic E-state index is 0.0785. The van der Waals surface area contributed by atoms with Crippen LogP contribution in [0.3, 0.4) is 0 Å². The molecule has 158 valence electrons. The largest absolute Gasteiger partial charge is 0.368 e. The van der Waals surface area contributed by atoms with Crippen LogP contribution >= 0.6 is 11.3 Å². The normalized spacial score (nSPS) is 17.7. The van der Waals surface area contributed by atoms with Crippen molar-refractivity contribution in [2.45, 2.75) is 38.3 Å². The molecule has 1 atom stereocenters. The molecule has 1 aliphatic carbocycles. The monoisotopic (exact) mass is 431 g/mol. The minimum Gasteiger partial charge on any atom is -0.368 e. The van der Waals surface area contributed by atoms with Gasteiger partial charge in [0.1, 0.15) is 0 Å². The Morgan fingerprint density at radius 3 is 2.77 bits per heavy atom. The lowest BCUT2D eigenvalue weighted by atomic mass is 9.91. The fourth-order valence-corrected chi connectivity index (χ4v) is 5.86. The standard InChI is InChI=1S/C25H25N3O2S/c26-24(29)21-9-4-12-28(21)15-16-5-3-7-19(13-16)27-25(30)22-14-18-11-10-17-6-1-2-8-20(17)23(18)31-22/h1-3,5-8,13-14,21H,4,9-12,15H2,(H2,26,29)(H,27,30). The number of nitrogens with zero attached hydrogens (tertiary/aromatic N) is 1. The maximum atomic E-state index is 13.0. The molecule has 0 radical (unpaired) electrons. The van der Waals surface area contributed by atoms with E-state index in [1.807, 2.05) is 30.3 Å². The van der Waals surface area contributed by atoms with E-state index in [1.165, 1.54) is 21.6 Å². The summed E-state index contributed by atoms with van der Waals surface area (Å²) in [5.74, 6) is -0.338. The van der Waals surface area contributed by atoms with Crippen LogP contribution in [0.1, 0.15) is 39.2 Å². The van der Waals surface area contributed by atoms with Gasteiger partial charge in [-0.3, -0.25) is 14.5 Å². The summed E-state index contributed by atoms with van der Waals surface area (Å²) in [5.41, 5.74) is 11.2. The number of aryl methyl sites for hydroxylation is 2. The van der Waals surface area contributed by atoms with Crippen molar-refractivity contribution in [2.75, 3.05) is 11.9 Å². The number of hydrogen-bond acceptors (Lipinski definition) is 4. The van der Waals surface area contributed by atoms with Crippen LogP contribution in [0.5, 0.6) is 0 Å². The molecule has 2 heterocycles. The smallest absolute Gasteiger partial charge is 0.265 e. The molecule has 3 N–H and O–H groups in total. The number of fused-ring (bicyclic) bond motifs is 3. The van der Waals surface area contributed by atoms with Gasteiger partial charge in [0, 0.05) is 17.1 Å². The molecule has 5 nitrogen and oxygen atoms in total. The van der Waals surface area contributed by atoms with Gasteiger partial charge >= 0.3 is 0 Å². The van der Waals surface area contributed by atoms with Gasteiger partial charge in [-0.2, -0.15) is 0 Å². The predicted octanol–water partition coefficient (Wildman–Crippen LogP) is 4.22. The number of likely N-dealkylation sites (tertiary alicyclic amines) is 1. The molecule has 1 fully saturated rings. The van der Waals surface area contributed by atoms with E-state index in [1.54, 1.807) is 11.3 Å². The summed E-state index contributed by atoms with van der Waals surface area (Å²) in [7, 11) is 0. The lowest BCUT2D eigenvalue weighted by Crippen LogP contribution is -2.39. The molecule has 1 aromatic heterocycles. The first-order valence-corrected chi connectivity index (χ1v) is 11.5. The average molecular weight is 432 g/mol. The summed E-state index contributed by atoms with van der Waals surface area (Å²) in [6.45, 7) is 1.52. The van der Waals surface area contributed by atoms with Gasteiger partial charge in [0.05, 0.1) is 10.9 Å². The van der Waals surface area contributed by atoms with E-state index in [0.29, 0.717) is 6.54 Å². The SMILES string of the molecule is NC(=O)C1CCCN1Cc1cccc(NC(=O)c2cc3c(s2)-c2ccccc2CC3)c1. The molecule has 0 saturated carbocycles. The summed E-state index contributed by atoms with van der Waals surface area (Å²) < 4.78 is 0. The highest BCUT2D eigenvalue weighted by Crippen LogP contribution is 2.39. The Kier molecular flexibility index (Phi) is 5.34. The van der Waals surface area contributed by atoms with Crippen LogP contribution in [0.25, 0.3) is 10.4 Å². The Balaban J connectivity index is 1.31. The van der Waals surface area contributed by atoms with Crippen LogP contribution in [0.2, 0.25) is 0 Å². The highest BCUT2D eigenvalue weighted by atomic mass is 32.1. The second-order valence-corrected chi connectivity index (χ2v) is 9.36. The van der Waals surface area contributed by atoms with E-state index in [9.17, 15) is 9.59 Å². The second-order valence-electron chi connectivity index (χ2n) is 8.31. The summed E-state index contributed by atoms with van der Waals surface area (Å²) in [6, 6.07) is 18.1. The molecule has 3 aromatic rings. The van der Waals surface area contributed by atoms with Crippen molar-refractivity contribution >= 4 is 28.8 Å². The average Bonchev–Trinajstić information content (AvgIpc) is 3.41. The molecule has 5 rings (SSSR count). The van der Waals surface area contributed by atoms with E-state index in [-0.39, 0.29) is 17.9 Å². The number of anilines is 1. The third-order valence-electron chi connectivity index (χ3n) is 6.22. The van der Waals surface area contributed by atoms with E-state index >= 15 is 0 Å². The molecule has 1 aliphatic heterocycles. The number of benzene rings is 2. The summed E-state index contributed by atoms with van der Waals surface area (Å²) in [5, 5.41) is 3.05. The highest BCUT2D eigenvalue weighted by Gasteiger charge is 2.28. The van der Waals surface area contributed by atoms with E-state index in [4.69, 9.17) is 5.73 Å². The Labute approximate surface area is 185 Å². The first-order chi connectivity index (χ1) is 15.1. The highest BCUT2D eigenvalue weighted by molar-refractivity contribution is 7.17. The van der Waals surface area contributed by atoms with Crippen molar-refractivity contribution in [1.29, 1.82) is 0 Å². The molecular formula is C25H25N3O2S. The zero-order valence-corrected chi connectivity index (χ0v) is 18.1. The number of carbonyl (C=O) groups is 2. The molecule has 0 bridgehead atoms. The van der Waals surface area contributed by atoms with Crippen molar-refractivity contribution in [3.63, 3.8) is 0 Å².